The van der Waals surface area contributed by atoms with E-state index in [0.717, 1.165) is 16.0 Å². The molecule has 4 aromatic carbocycles. The van der Waals surface area contributed by atoms with Crippen molar-refractivity contribution < 1.29 is 19.1 Å². The number of rotatable bonds is 7. The number of carbonyl (C=O) groups is 2. The molecule has 0 saturated carbocycles. The maximum Gasteiger partial charge on any atom is 0.255 e. The first kappa shape index (κ1) is 24.5. The quantitative estimate of drug-likeness (QED) is 0.278. The van der Waals surface area contributed by atoms with Crippen LogP contribution in [0, 0.1) is 6.92 Å². The van der Waals surface area contributed by atoms with Gasteiger partial charge in [-0.3, -0.25) is 9.59 Å². The molecule has 5 rings (SSSR count). The normalized spacial score (nSPS) is 12.9. The van der Waals surface area contributed by atoms with Crippen molar-refractivity contribution in [3.05, 3.63) is 114 Å². The van der Waals surface area contributed by atoms with Crippen LogP contribution in [0.15, 0.2) is 102 Å². The Morgan fingerprint density at radius 1 is 0.757 bits per heavy atom. The smallest absolute Gasteiger partial charge is 0.255 e. The van der Waals surface area contributed by atoms with Crippen molar-refractivity contribution in [1.29, 1.82) is 0 Å². The second-order valence-electron chi connectivity index (χ2n) is 8.61. The minimum absolute atomic E-state index is 0.165. The van der Waals surface area contributed by atoms with Gasteiger partial charge in [-0.25, -0.2) is 0 Å². The predicted octanol–water partition coefficient (Wildman–Crippen LogP) is 6.49. The van der Waals surface area contributed by atoms with E-state index in [-0.39, 0.29) is 11.8 Å². The average Bonchev–Trinajstić information content (AvgIpc) is 2.92. The Morgan fingerprint density at radius 3 is 2.32 bits per heavy atom. The lowest BCUT2D eigenvalue weighted by Gasteiger charge is -2.20. The molecule has 1 aliphatic heterocycles. The molecule has 0 saturated heterocycles. The molecule has 1 heterocycles. The van der Waals surface area contributed by atoms with Gasteiger partial charge in [0, 0.05) is 27.9 Å². The third kappa shape index (κ3) is 6.13. The number of ether oxygens (including phenoxy) is 2. The summed E-state index contributed by atoms with van der Waals surface area (Å²) in [6, 6.07) is 30.0. The van der Waals surface area contributed by atoms with E-state index in [1.165, 1.54) is 11.8 Å². The number of fused-ring (bicyclic) bond motifs is 1. The molecule has 6 nitrogen and oxygen atoms in total. The second-order valence-corrected chi connectivity index (χ2v) is 9.79. The fraction of sp³-hybridized carbons (Fsp3) is 0.133. The van der Waals surface area contributed by atoms with Crippen molar-refractivity contribution in [2.45, 2.75) is 17.1 Å². The summed E-state index contributed by atoms with van der Waals surface area (Å²) >= 11 is 1.42. The number of amides is 2. The lowest BCUT2D eigenvalue weighted by molar-refractivity contribution is -0.115. The Hall–Kier alpha value is -4.23. The summed E-state index contributed by atoms with van der Waals surface area (Å²) in [7, 11) is 0. The third-order valence-corrected chi connectivity index (χ3v) is 7.02. The number of hydrogen-bond acceptors (Lipinski definition) is 5. The number of hydrogen-bond donors (Lipinski definition) is 2. The van der Waals surface area contributed by atoms with Crippen molar-refractivity contribution in [2.75, 3.05) is 23.8 Å². The summed E-state index contributed by atoms with van der Waals surface area (Å²) in [5, 5.41) is 5.46. The molecule has 0 bridgehead atoms. The molecule has 0 spiro atoms. The highest BCUT2D eigenvalue weighted by molar-refractivity contribution is 8.00. The van der Waals surface area contributed by atoms with Crippen LogP contribution in [-0.4, -0.2) is 25.0 Å². The number of aryl methyl sites for hydroxylation is 1. The molecular weight excluding hydrogens is 484 g/mol. The summed E-state index contributed by atoms with van der Waals surface area (Å²) < 4.78 is 11.2. The summed E-state index contributed by atoms with van der Waals surface area (Å²) in [4.78, 5) is 27.1. The predicted molar refractivity (Wildman–Crippen MR) is 147 cm³/mol. The molecule has 186 valence electrons. The first-order valence-corrected chi connectivity index (χ1v) is 12.8. The van der Waals surface area contributed by atoms with Crippen molar-refractivity contribution in [1.82, 2.24) is 0 Å². The highest BCUT2D eigenvalue weighted by atomic mass is 32.2. The maximum absolute atomic E-state index is 13.5. The van der Waals surface area contributed by atoms with Gasteiger partial charge < -0.3 is 20.1 Å². The van der Waals surface area contributed by atoms with Crippen molar-refractivity contribution in [3.8, 4) is 11.5 Å². The molecule has 1 aliphatic rings. The van der Waals surface area contributed by atoms with Gasteiger partial charge in [-0.2, -0.15) is 0 Å². The fourth-order valence-corrected chi connectivity index (χ4v) is 5.09. The lowest BCUT2D eigenvalue weighted by atomic mass is 10.1. The van der Waals surface area contributed by atoms with E-state index >= 15 is 0 Å². The van der Waals surface area contributed by atoms with Crippen LogP contribution >= 0.6 is 11.8 Å². The Morgan fingerprint density at radius 2 is 1.51 bits per heavy atom. The largest absolute Gasteiger partial charge is 0.486 e. The third-order valence-electron chi connectivity index (χ3n) is 5.78. The fourth-order valence-electron chi connectivity index (χ4n) is 4.00. The second kappa shape index (κ2) is 11.2. The molecule has 0 aromatic heterocycles. The molecule has 0 radical (unpaired) electrons. The van der Waals surface area contributed by atoms with Crippen LogP contribution in [0.4, 0.5) is 11.4 Å². The Labute approximate surface area is 220 Å². The number of nitrogens with one attached hydrogen (secondary N) is 2. The Balaban J connectivity index is 1.35. The highest BCUT2D eigenvalue weighted by Crippen LogP contribution is 2.38. The van der Waals surface area contributed by atoms with Gasteiger partial charge in [0.05, 0.1) is 0 Å². The van der Waals surface area contributed by atoms with E-state index in [9.17, 15) is 9.59 Å². The molecule has 1 unspecified atom stereocenters. The summed E-state index contributed by atoms with van der Waals surface area (Å²) in [5.74, 6) is 0.941. The van der Waals surface area contributed by atoms with E-state index in [2.05, 4.69) is 10.6 Å². The van der Waals surface area contributed by atoms with Crippen LogP contribution < -0.4 is 20.1 Å². The zero-order valence-corrected chi connectivity index (χ0v) is 21.1. The van der Waals surface area contributed by atoms with Crippen LogP contribution in [0.1, 0.15) is 26.7 Å². The van der Waals surface area contributed by atoms with Gasteiger partial charge in [-0.1, -0.05) is 54.1 Å². The van der Waals surface area contributed by atoms with Gasteiger partial charge in [0.25, 0.3) is 5.91 Å². The molecular formula is C30H26N2O4S. The summed E-state index contributed by atoms with van der Waals surface area (Å²) in [6.07, 6.45) is 0. The van der Waals surface area contributed by atoms with Crippen LogP contribution in [0.25, 0.3) is 0 Å². The lowest BCUT2D eigenvalue weighted by Crippen LogP contribution is -2.20. The first-order valence-electron chi connectivity index (χ1n) is 12.0. The van der Waals surface area contributed by atoms with Gasteiger partial charge in [-0.15, -0.1) is 11.8 Å². The minimum Gasteiger partial charge on any atom is -0.486 e. The number of carbonyl (C=O) groups excluding carboxylic acids is 2. The van der Waals surface area contributed by atoms with E-state index in [0.29, 0.717) is 41.7 Å². The number of anilines is 2. The molecule has 1 atom stereocenters. The molecule has 0 fully saturated rings. The van der Waals surface area contributed by atoms with Crippen molar-refractivity contribution >= 4 is 35.0 Å². The van der Waals surface area contributed by atoms with E-state index in [4.69, 9.17) is 9.47 Å². The number of thioether (sulfide) groups is 1. The van der Waals surface area contributed by atoms with E-state index in [1.807, 2.05) is 79.7 Å². The van der Waals surface area contributed by atoms with Crippen LogP contribution in [-0.2, 0) is 4.79 Å². The topological polar surface area (TPSA) is 76.7 Å². The van der Waals surface area contributed by atoms with Crippen LogP contribution in [0.3, 0.4) is 0 Å². The van der Waals surface area contributed by atoms with Crippen LogP contribution in [0.5, 0.6) is 11.5 Å². The molecule has 0 aliphatic carbocycles. The van der Waals surface area contributed by atoms with E-state index in [1.54, 1.807) is 24.3 Å². The molecule has 2 N–H and O–H groups in total. The summed E-state index contributed by atoms with van der Waals surface area (Å²) in [5.41, 5.74) is 3.79. The average molecular weight is 511 g/mol. The molecule has 37 heavy (non-hydrogen) atoms. The van der Waals surface area contributed by atoms with Crippen molar-refractivity contribution in [3.63, 3.8) is 0 Å². The van der Waals surface area contributed by atoms with Gasteiger partial charge in [0.1, 0.15) is 18.5 Å². The molecule has 2 amide bonds. The van der Waals surface area contributed by atoms with Crippen LogP contribution in [0.2, 0.25) is 0 Å². The number of benzene rings is 4. The maximum atomic E-state index is 13.5. The minimum atomic E-state index is -0.517. The zero-order valence-electron chi connectivity index (χ0n) is 20.3. The van der Waals surface area contributed by atoms with Gasteiger partial charge in [0.2, 0.25) is 5.91 Å². The standard InChI is InChI=1S/C30H26N2O4S/c1-20-7-5-10-22(17-20)29(33)31-23-11-6-12-25(18-23)37-28(21-8-3-2-4-9-21)30(34)32-24-13-14-26-27(19-24)36-16-15-35-26/h2-14,17-19,28H,15-16H2,1H3,(H,31,33)(H,32,34). The molecule has 4 aromatic rings. The Kier molecular flexibility index (Phi) is 7.42. The SMILES string of the molecule is Cc1cccc(C(=O)Nc2cccc(SC(C(=O)Nc3ccc4c(c3)OCCO4)c3ccccc3)c2)c1. The van der Waals surface area contributed by atoms with Gasteiger partial charge in [-0.05, 0) is 55.0 Å². The first-order chi connectivity index (χ1) is 18.0. The molecule has 7 heteroatoms. The van der Waals surface area contributed by atoms with Gasteiger partial charge in [0.15, 0.2) is 11.5 Å². The summed E-state index contributed by atoms with van der Waals surface area (Å²) in [6.45, 7) is 2.94. The monoisotopic (exact) mass is 510 g/mol. The van der Waals surface area contributed by atoms with Crippen molar-refractivity contribution in [2.24, 2.45) is 0 Å². The zero-order chi connectivity index (χ0) is 25.6. The highest BCUT2D eigenvalue weighted by Gasteiger charge is 2.23. The van der Waals surface area contributed by atoms with Gasteiger partial charge >= 0.3 is 0 Å². The van der Waals surface area contributed by atoms with E-state index < -0.39 is 5.25 Å². The Bertz CT molecular complexity index is 1420.